The molecule has 19 heavy (non-hydrogen) atoms. The van der Waals surface area contributed by atoms with Crippen LogP contribution in [-0.4, -0.2) is 36.8 Å². The zero-order valence-corrected chi connectivity index (χ0v) is 15.4. The lowest BCUT2D eigenvalue weighted by Crippen LogP contribution is -2.41. The van der Waals surface area contributed by atoms with E-state index in [0.717, 1.165) is 31.9 Å². The van der Waals surface area contributed by atoms with Crippen molar-refractivity contribution < 1.29 is 5.11 Å². The molecule has 0 bridgehead atoms. The molecule has 1 unspecified atom stereocenters. The Hall–Kier alpha value is -0.0400. The molecule has 0 radical (unpaired) electrons. The van der Waals surface area contributed by atoms with Crippen molar-refractivity contribution in [3.63, 3.8) is 0 Å². The molecule has 0 amide bonds. The summed E-state index contributed by atoms with van der Waals surface area (Å²) in [5.74, 6) is 1.99. The molecular weight excluding hydrogens is 353 g/mol. The van der Waals surface area contributed by atoms with Crippen molar-refractivity contribution in [2.24, 2.45) is 16.8 Å². The van der Waals surface area contributed by atoms with E-state index >= 15 is 0 Å². The second kappa shape index (κ2) is 13.0. The molecule has 0 aromatic rings. The Kier molecular flexibility index (Phi) is 14.5. The molecule has 0 heterocycles. The Bertz CT molecular complexity index is 233. The highest BCUT2D eigenvalue weighted by atomic mass is 127. The predicted molar refractivity (Wildman–Crippen MR) is 94.3 cm³/mol. The van der Waals surface area contributed by atoms with Crippen LogP contribution >= 0.6 is 24.0 Å². The highest BCUT2D eigenvalue weighted by Crippen LogP contribution is 2.15. The minimum absolute atomic E-state index is 0. The Morgan fingerprint density at radius 2 is 1.84 bits per heavy atom. The number of aliphatic hydroxyl groups excluding tert-OH is 1. The third kappa shape index (κ3) is 12.7. The molecule has 0 aliphatic carbocycles. The number of rotatable bonds is 8. The first kappa shape index (κ1) is 21.3. The second-order valence-electron chi connectivity index (χ2n) is 5.53. The van der Waals surface area contributed by atoms with E-state index in [-0.39, 0.29) is 30.6 Å². The number of halogens is 1. The van der Waals surface area contributed by atoms with Crippen LogP contribution in [0.4, 0.5) is 0 Å². The van der Waals surface area contributed by atoms with Gasteiger partial charge in [0.1, 0.15) is 0 Å². The van der Waals surface area contributed by atoms with Gasteiger partial charge in [-0.05, 0) is 45.4 Å². The van der Waals surface area contributed by atoms with Gasteiger partial charge in [0.2, 0.25) is 0 Å². The van der Waals surface area contributed by atoms with Gasteiger partial charge in [-0.3, -0.25) is 4.99 Å². The van der Waals surface area contributed by atoms with Crippen molar-refractivity contribution in [1.29, 1.82) is 0 Å². The molecule has 1 atom stereocenters. The number of hydrogen-bond acceptors (Lipinski definition) is 2. The van der Waals surface area contributed by atoms with Gasteiger partial charge in [-0.25, -0.2) is 0 Å². The van der Waals surface area contributed by atoms with Gasteiger partial charge in [-0.1, -0.05) is 13.8 Å². The molecule has 0 aliphatic rings. The van der Waals surface area contributed by atoms with E-state index in [2.05, 4.69) is 50.2 Å². The molecule has 3 N–H and O–H groups in total. The first-order chi connectivity index (χ1) is 8.49. The minimum atomic E-state index is 0. The molecule has 0 saturated carbocycles. The average molecular weight is 385 g/mol. The molecule has 116 valence electrons. The lowest BCUT2D eigenvalue weighted by molar-refractivity contribution is 0.245. The Labute approximate surface area is 135 Å². The standard InChI is InChI=1S/C14H31N3O.HI/c1-6-15-14(17-12(4)5)16-10-13(7-8-18)9-11(2)3;/h11-13,18H,6-10H2,1-5H3,(H2,15,16,17);1H. The first-order valence-electron chi connectivity index (χ1n) is 7.15. The summed E-state index contributed by atoms with van der Waals surface area (Å²) in [6.45, 7) is 12.6. The zero-order chi connectivity index (χ0) is 14.0. The summed E-state index contributed by atoms with van der Waals surface area (Å²) in [6.07, 6.45) is 1.95. The van der Waals surface area contributed by atoms with Gasteiger partial charge in [-0.2, -0.15) is 0 Å². The summed E-state index contributed by atoms with van der Waals surface area (Å²) < 4.78 is 0. The molecule has 0 rings (SSSR count). The third-order valence-corrected chi connectivity index (χ3v) is 2.62. The van der Waals surface area contributed by atoms with Gasteiger partial charge in [-0.15, -0.1) is 24.0 Å². The van der Waals surface area contributed by atoms with Crippen molar-refractivity contribution in [1.82, 2.24) is 10.6 Å². The number of guanidine groups is 1. The van der Waals surface area contributed by atoms with Gasteiger partial charge < -0.3 is 15.7 Å². The van der Waals surface area contributed by atoms with Crippen molar-refractivity contribution in [3.05, 3.63) is 0 Å². The highest BCUT2D eigenvalue weighted by Gasteiger charge is 2.10. The van der Waals surface area contributed by atoms with E-state index < -0.39 is 0 Å². The molecule has 0 aliphatic heterocycles. The maximum Gasteiger partial charge on any atom is 0.191 e. The third-order valence-electron chi connectivity index (χ3n) is 2.62. The molecule has 0 aromatic heterocycles. The highest BCUT2D eigenvalue weighted by molar-refractivity contribution is 14.0. The molecule has 5 heteroatoms. The molecule has 0 aromatic carbocycles. The van der Waals surface area contributed by atoms with Gasteiger partial charge in [0.15, 0.2) is 5.96 Å². The van der Waals surface area contributed by atoms with E-state index in [1.807, 2.05) is 0 Å². The van der Waals surface area contributed by atoms with E-state index in [1.54, 1.807) is 0 Å². The smallest absolute Gasteiger partial charge is 0.191 e. The lowest BCUT2D eigenvalue weighted by Gasteiger charge is -2.18. The van der Waals surface area contributed by atoms with Crippen LogP contribution in [0, 0.1) is 11.8 Å². The fraction of sp³-hybridized carbons (Fsp3) is 0.929. The fourth-order valence-corrected chi connectivity index (χ4v) is 1.95. The van der Waals surface area contributed by atoms with Gasteiger partial charge in [0.05, 0.1) is 0 Å². The van der Waals surface area contributed by atoms with Crippen LogP contribution in [0.3, 0.4) is 0 Å². The quantitative estimate of drug-likeness (QED) is 0.342. The van der Waals surface area contributed by atoms with E-state index in [9.17, 15) is 0 Å². The SMILES string of the molecule is CCNC(=NCC(CCO)CC(C)C)NC(C)C.I. The van der Waals surface area contributed by atoms with Crippen LogP contribution in [0.1, 0.15) is 47.5 Å². The van der Waals surface area contributed by atoms with Crippen molar-refractivity contribution in [2.45, 2.75) is 53.5 Å². The summed E-state index contributed by atoms with van der Waals surface area (Å²) in [7, 11) is 0. The number of nitrogens with zero attached hydrogens (tertiary/aromatic N) is 1. The molecule has 0 fully saturated rings. The van der Waals surface area contributed by atoms with Crippen molar-refractivity contribution in [3.8, 4) is 0 Å². The number of hydrogen-bond donors (Lipinski definition) is 3. The molecular formula is C14H32IN3O. The number of aliphatic hydroxyl groups is 1. The van der Waals surface area contributed by atoms with Gasteiger partial charge in [0.25, 0.3) is 0 Å². The summed E-state index contributed by atoms with van der Waals surface area (Å²) >= 11 is 0. The largest absolute Gasteiger partial charge is 0.396 e. The van der Waals surface area contributed by atoms with Gasteiger partial charge >= 0.3 is 0 Å². The van der Waals surface area contributed by atoms with Crippen LogP contribution < -0.4 is 10.6 Å². The summed E-state index contributed by atoms with van der Waals surface area (Å²) in [5, 5.41) is 15.6. The maximum absolute atomic E-state index is 9.08. The topological polar surface area (TPSA) is 56.7 Å². The van der Waals surface area contributed by atoms with Crippen molar-refractivity contribution in [2.75, 3.05) is 19.7 Å². The number of aliphatic imine (C=N–C) groups is 1. The molecule has 0 spiro atoms. The summed E-state index contributed by atoms with van der Waals surface area (Å²) in [5.41, 5.74) is 0. The van der Waals surface area contributed by atoms with Crippen LogP contribution in [-0.2, 0) is 0 Å². The van der Waals surface area contributed by atoms with Crippen molar-refractivity contribution >= 4 is 29.9 Å². The fourth-order valence-electron chi connectivity index (χ4n) is 1.95. The molecule has 4 nitrogen and oxygen atoms in total. The second-order valence-corrected chi connectivity index (χ2v) is 5.53. The predicted octanol–water partition coefficient (Wildman–Crippen LogP) is 2.61. The average Bonchev–Trinajstić information content (AvgIpc) is 2.24. The van der Waals surface area contributed by atoms with E-state index in [0.29, 0.717) is 17.9 Å². The Morgan fingerprint density at radius 1 is 1.21 bits per heavy atom. The van der Waals surface area contributed by atoms with Crippen LogP contribution in [0.15, 0.2) is 4.99 Å². The van der Waals surface area contributed by atoms with Crippen LogP contribution in [0.25, 0.3) is 0 Å². The normalized spacial score (nSPS) is 13.4. The Morgan fingerprint density at radius 3 is 2.26 bits per heavy atom. The van der Waals surface area contributed by atoms with Gasteiger partial charge in [0, 0.05) is 25.7 Å². The summed E-state index contributed by atoms with van der Waals surface area (Å²) in [6, 6.07) is 0.379. The summed E-state index contributed by atoms with van der Waals surface area (Å²) in [4.78, 5) is 4.61. The zero-order valence-electron chi connectivity index (χ0n) is 13.1. The van der Waals surface area contributed by atoms with Crippen LogP contribution in [0.5, 0.6) is 0 Å². The van der Waals surface area contributed by atoms with E-state index in [1.165, 1.54) is 0 Å². The maximum atomic E-state index is 9.08. The molecule has 0 saturated heterocycles. The lowest BCUT2D eigenvalue weighted by atomic mass is 9.94. The monoisotopic (exact) mass is 385 g/mol. The van der Waals surface area contributed by atoms with Crippen LogP contribution in [0.2, 0.25) is 0 Å². The number of nitrogens with one attached hydrogen (secondary N) is 2. The minimum Gasteiger partial charge on any atom is -0.396 e. The Balaban J connectivity index is 0. The van der Waals surface area contributed by atoms with E-state index in [4.69, 9.17) is 5.11 Å². The first-order valence-corrected chi connectivity index (χ1v) is 7.15.